The fourth-order valence-corrected chi connectivity index (χ4v) is 6.26. The van der Waals surface area contributed by atoms with E-state index in [1.165, 1.54) is 16.0 Å². The van der Waals surface area contributed by atoms with Crippen molar-refractivity contribution in [1.82, 2.24) is 15.3 Å². The van der Waals surface area contributed by atoms with Crippen LogP contribution in [0.1, 0.15) is 58.2 Å². The second kappa shape index (κ2) is 8.06. The number of anilines is 1. The minimum atomic E-state index is 0.0725. The molecular formula is C25H34N4OS. The molecule has 0 saturated carbocycles. The lowest BCUT2D eigenvalue weighted by Gasteiger charge is -2.46. The van der Waals surface area contributed by atoms with E-state index in [1.807, 2.05) is 26.0 Å². The minimum Gasteiger partial charge on any atom is -0.494 e. The topological polar surface area (TPSA) is 59.1 Å². The lowest BCUT2D eigenvalue weighted by molar-refractivity contribution is 0.170. The standard InChI is InChI=1S/C25H34N4OS/c1-8-30-19-11-9-17(10-12-19)20-15(2)31-23-21(20)22(26-16(3)27-23)28-18-13-24(4,5)29-25(6,7)14-18/h9-12,18,29H,8,13-14H2,1-7H3,(H,26,27,28). The molecule has 6 heteroatoms. The second-order valence-electron chi connectivity index (χ2n) is 9.93. The Balaban J connectivity index is 1.77. The van der Waals surface area contributed by atoms with Crippen molar-refractivity contribution in [3.8, 4) is 16.9 Å². The summed E-state index contributed by atoms with van der Waals surface area (Å²) in [5.41, 5.74) is 2.54. The van der Waals surface area contributed by atoms with Gasteiger partial charge in [-0.2, -0.15) is 0 Å². The zero-order valence-corrected chi connectivity index (χ0v) is 20.5. The van der Waals surface area contributed by atoms with Crippen LogP contribution in [0.4, 0.5) is 5.82 Å². The molecule has 166 valence electrons. The van der Waals surface area contributed by atoms with E-state index >= 15 is 0 Å². The van der Waals surface area contributed by atoms with Crippen molar-refractivity contribution in [2.45, 2.75) is 78.4 Å². The molecule has 3 aromatic rings. The highest BCUT2D eigenvalue weighted by Crippen LogP contribution is 2.42. The van der Waals surface area contributed by atoms with Gasteiger partial charge in [0, 0.05) is 27.6 Å². The van der Waals surface area contributed by atoms with Gasteiger partial charge in [-0.25, -0.2) is 9.97 Å². The first kappa shape index (κ1) is 22.0. The number of ether oxygens (including phenoxy) is 1. The van der Waals surface area contributed by atoms with Crippen LogP contribution in [0.5, 0.6) is 5.75 Å². The number of nitrogens with one attached hydrogen (secondary N) is 2. The van der Waals surface area contributed by atoms with Gasteiger partial charge in [0.1, 0.15) is 22.2 Å². The summed E-state index contributed by atoms with van der Waals surface area (Å²) in [6.07, 6.45) is 2.09. The first-order valence-electron chi connectivity index (χ1n) is 11.1. The third kappa shape index (κ3) is 4.70. The summed E-state index contributed by atoms with van der Waals surface area (Å²) in [5, 5.41) is 8.72. The maximum atomic E-state index is 5.63. The van der Waals surface area contributed by atoms with E-state index in [-0.39, 0.29) is 11.1 Å². The maximum absolute atomic E-state index is 5.63. The van der Waals surface area contributed by atoms with Gasteiger partial charge >= 0.3 is 0 Å². The zero-order chi connectivity index (χ0) is 22.4. The Labute approximate surface area is 189 Å². The van der Waals surface area contributed by atoms with Crippen LogP contribution in [-0.2, 0) is 0 Å². The molecular weight excluding hydrogens is 404 g/mol. The van der Waals surface area contributed by atoms with Gasteiger partial charge in [0.05, 0.1) is 12.0 Å². The van der Waals surface area contributed by atoms with Crippen LogP contribution in [0.25, 0.3) is 21.3 Å². The average Bonchev–Trinajstić information content (AvgIpc) is 2.95. The summed E-state index contributed by atoms with van der Waals surface area (Å²) >= 11 is 1.74. The molecule has 2 N–H and O–H groups in total. The van der Waals surface area contributed by atoms with Crippen molar-refractivity contribution in [2.75, 3.05) is 11.9 Å². The van der Waals surface area contributed by atoms with Crippen LogP contribution in [0.3, 0.4) is 0 Å². The van der Waals surface area contributed by atoms with E-state index in [9.17, 15) is 0 Å². The van der Waals surface area contributed by atoms with Gasteiger partial charge in [-0.05, 0) is 79.0 Å². The van der Waals surface area contributed by atoms with Gasteiger partial charge in [0.2, 0.25) is 0 Å². The summed E-state index contributed by atoms with van der Waals surface area (Å²) in [4.78, 5) is 12.0. The number of benzene rings is 1. The van der Waals surface area contributed by atoms with Crippen molar-refractivity contribution in [1.29, 1.82) is 0 Å². The van der Waals surface area contributed by atoms with Gasteiger partial charge in [0.15, 0.2) is 0 Å². The van der Waals surface area contributed by atoms with Gasteiger partial charge in [0.25, 0.3) is 0 Å². The van der Waals surface area contributed by atoms with Gasteiger partial charge in [-0.15, -0.1) is 11.3 Å². The van der Waals surface area contributed by atoms with Crippen LogP contribution in [0, 0.1) is 13.8 Å². The maximum Gasteiger partial charge on any atom is 0.139 e. The molecule has 1 aliphatic heterocycles. The molecule has 1 aromatic carbocycles. The summed E-state index contributed by atoms with van der Waals surface area (Å²) in [6.45, 7) is 16.0. The first-order chi connectivity index (χ1) is 14.6. The largest absolute Gasteiger partial charge is 0.494 e. The Morgan fingerprint density at radius 1 is 1.06 bits per heavy atom. The zero-order valence-electron chi connectivity index (χ0n) is 19.7. The number of piperidine rings is 1. The molecule has 0 unspecified atom stereocenters. The second-order valence-corrected chi connectivity index (χ2v) is 11.1. The molecule has 1 fully saturated rings. The Bertz CT molecular complexity index is 1070. The van der Waals surface area contributed by atoms with E-state index < -0.39 is 0 Å². The smallest absolute Gasteiger partial charge is 0.139 e. The van der Waals surface area contributed by atoms with Crippen molar-refractivity contribution in [2.24, 2.45) is 0 Å². The molecule has 0 bridgehead atoms. The number of rotatable bonds is 5. The highest BCUT2D eigenvalue weighted by molar-refractivity contribution is 7.19. The normalized spacial score (nSPS) is 18.3. The van der Waals surface area contributed by atoms with Crippen molar-refractivity contribution in [3.63, 3.8) is 0 Å². The van der Waals surface area contributed by atoms with E-state index in [2.05, 4.69) is 57.4 Å². The fourth-order valence-electron chi connectivity index (χ4n) is 5.17. The van der Waals surface area contributed by atoms with Gasteiger partial charge in [-0.3, -0.25) is 0 Å². The summed E-state index contributed by atoms with van der Waals surface area (Å²) in [7, 11) is 0. The molecule has 0 radical (unpaired) electrons. The monoisotopic (exact) mass is 438 g/mol. The Morgan fingerprint density at radius 3 is 2.32 bits per heavy atom. The number of fused-ring (bicyclic) bond motifs is 1. The predicted molar refractivity (Wildman–Crippen MR) is 131 cm³/mol. The number of nitrogens with zero attached hydrogens (tertiary/aromatic N) is 2. The minimum absolute atomic E-state index is 0.0725. The van der Waals surface area contributed by atoms with Crippen LogP contribution in [0.15, 0.2) is 24.3 Å². The molecule has 31 heavy (non-hydrogen) atoms. The summed E-state index contributed by atoms with van der Waals surface area (Å²) in [5.74, 6) is 2.66. The molecule has 0 aliphatic carbocycles. The van der Waals surface area contributed by atoms with E-state index in [0.717, 1.165) is 40.5 Å². The van der Waals surface area contributed by atoms with Gasteiger partial charge < -0.3 is 15.4 Å². The molecule has 1 saturated heterocycles. The number of hydrogen-bond acceptors (Lipinski definition) is 6. The summed E-state index contributed by atoms with van der Waals surface area (Å²) < 4.78 is 5.63. The van der Waals surface area contributed by atoms with E-state index in [4.69, 9.17) is 14.7 Å². The average molecular weight is 439 g/mol. The number of aryl methyl sites for hydroxylation is 2. The molecule has 0 spiro atoms. The number of aromatic nitrogens is 2. The van der Waals surface area contributed by atoms with Crippen LogP contribution in [0.2, 0.25) is 0 Å². The van der Waals surface area contributed by atoms with Gasteiger partial charge in [-0.1, -0.05) is 12.1 Å². The van der Waals surface area contributed by atoms with Crippen LogP contribution in [-0.4, -0.2) is 33.7 Å². The highest BCUT2D eigenvalue weighted by atomic mass is 32.1. The van der Waals surface area contributed by atoms with Crippen LogP contribution >= 0.6 is 11.3 Å². The third-order valence-electron chi connectivity index (χ3n) is 5.82. The number of thiophene rings is 1. The molecule has 0 amide bonds. The highest BCUT2D eigenvalue weighted by Gasteiger charge is 2.38. The van der Waals surface area contributed by atoms with Crippen molar-refractivity contribution >= 4 is 27.4 Å². The molecule has 4 rings (SSSR count). The third-order valence-corrected chi connectivity index (χ3v) is 6.82. The Morgan fingerprint density at radius 2 is 1.71 bits per heavy atom. The molecule has 1 aliphatic rings. The molecule has 3 heterocycles. The quantitative estimate of drug-likeness (QED) is 0.504. The SMILES string of the molecule is CCOc1ccc(-c2c(C)sc3nc(C)nc(NC4CC(C)(C)NC(C)(C)C4)c23)cc1. The number of hydrogen-bond donors (Lipinski definition) is 2. The lowest BCUT2D eigenvalue weighted by Crippen LogP contribution is -2.60. The Kier molecular flexibility index (Phi) is 5.73. The van der Waals surface area contributed by atoms with Crippen molar-refractivity contribution < 1.29 is 4.74 Å². The predicted octanol–water partition coefficient (Wildman–Crippen LogP) is 6.09. The van der Waals surface area contributed by atoms with E-state index in [0.29, 0.717) is 12.6 Å². The fraction of sp³-hybridized carbons (Fsp3) is 0.520. The molecule has 5 nitrogen and oxygen atoms in total. The van der Waals surface area contributed by atoms with Crippen molar-refractivity contribution in [3.05, 3.63) is 35.0 Å². The Hall–Kier alpha value is -2.18. The van der Waals surface area contributed by atoms with E-state index in [1.54, 1.807) is 11.3 Å². The van der Waals surface area contributed by atoms with Crippen LogP contribution < -0.4 is 15.4 Å². The molecule has 2 aromatic heterocycles. The molecule has 0 atom stereocenters. The first-order valence-corrected chi connectivity index (χ1v) is 12.0. The lowest BCUT2D eigenvalue weighted by atomic mass is 9.79. The summed E-state index contributed by atoms with van der Waals surface area (Å²) in [6, 6.07) is 8.71.